The molecule has 2 N–H and O–H groups in total. The summed E-state index contributed by atoms with van der Waals surface area (Å²) >= 11 is 0. The van der Waals surface area contributed by atoms with Gasteiger partial charge in [-0.05, 0) is 13.8 Å². The number of carbonyl (C=O) groups excluding carboxylic acids is 1. The molecule has 1 aliphatic rings. The fourth-order valence-electron chi connectivity index (χ4n) is 1.90. The normalized spacial score (nSPS) is 16.5. The van der Waals surface area contributed by atoms with Crippen molar-refractivity contribution in [3.8, 4) is 0 Å². The molecule has 6 heteroatoms. The highest BCUT2D eigenvalue weighted by Crippen LogP contribution is 2.18. The van der Waals surface area contributed by atoms with Crippen molar-refractivity contribution in [3.63, 3.8) is 0 Å². The van der Waals surface area contributed by atoms with Crippen molar-refractivity contribution in [2.75, 3.05) is 32.0 Å². The van der Waals surface area contributed by atoms with Crippen LogP contribution in [-0.2, 0) is 4.74 Å². The Morgan fingerprint density at radius 2 is 2.12 bits per heavy atom. The minimum absolute atomic E-state index is 0.0583. The molecule has 1 fully saturated rings. The minimum Gasteiger partial charge on any atom is -0.396 e. The van der Waals surface area contributed by atoms with Gasteiger partial charge in [0, 0.05) is 19.1 Å². The van der Waals surface area contributed by atoms with Crippen molar-refractivity contribution in [1.82, 2.24) is 14.7 Å². The highest BCUT2D eigenvalue weighted by Gasteiger charge is 2.25. The molecule has 0 spiro atoms. The molecule has 0 radical (unpaired) electrons. The van der Waals surface area contributed by atoms with Crippen LogP contribution < -0.4 is 5.73 Å². The van der Waals surface area contributed by atoms with Gasteiger partial charge in [0.2, 0.25) is 0 Å². The number of morpholine rings is 1. The lowest BCUT2D eigenvalue weighted by Crippen LogP contribution is -2.41. The highest BCUT2D eigenvalue weighted by atomic mass is 16.5. The third-order valence-electron chi connectivity index (χ3n) is 2.81. The second kappa shape index (κ2) is 4.75. The third-order valence-corrected chi connectivity index (χ3v) is 2.81. The summed E-state index contributed by atoms with van der Waals surface area (Å²) in [6.07, 6.45) is 1.54. The van der Waals surface area contributed by atoms with E-state index in [0.717, 1.165) is 0 Å². The molecular formula is C11H18N4O2. The molecule has 1 aromatic rings. The number of aromatic nitrogens is 2. The average Bonchev–Trinajstić information content (AvgIpc) is 2.71. The van der Waals surface area contributed by atoms with E-state index < -0.39 is 0 Å². The van der Waals surface area contributed by atoms with E-state index in [1.807, 2.05) is 13.8 Å². The topological polar surface area (TPSA) is 73.4 Å². The zero-order valence-electron chi connectivity index (χ0n) is 10.2. The van der Waals surface area contributed by atoms with Gasteiger partial charge >= 0.3 is 0 Å². The van der Waals surface area contributed by atoms with Crippen LogP contribution in [0.3, 0.4) is 0 Å². The first-order valence-electron chi connectivity index (χ1n) is 5.81. The van der Waals surface area contributed by atoms with Crippen LogP contribution in [0.15, 0.2) is 6.20 Å². The molecule has 17 heavy (non-hydrogen) atoms. The largest absolute Gasteiger partial charge is 0.396 e. The highest BCUT2D eigenvalue weighted by molar-refractivity contribution is 5.97. The van der Waals surface area contributed by atoms with Crippen molar-refractivity contribution in [1.29, 1.82) is 0 Å². The maximum absolute atomic E-state index is 12.3. The fraction of sp³-hybridized carbons (Fsp3) is 0.636. The van der Waals surface area contributed by atoms with Crippen LogP contribution in [0, 0.1) is 0 Å². The maximum atomic E-state index is 12.3. The van der Waals surface area contributed by atoms with E-state index >= 15 is 0 Å². The number of hydrogen-bond donors (Lipinski definition) is 1. The van der Waals surface area contributed by atoms with Gasteiger partial charge < -0.3 is 15.4 Å². The summed E-state index contributed by atoms with van der Waals surface area (Å²) in [5.41, 5.74) is 6.75. The lowest BCUT2D eigenvalue weighted by molar-refractivity contribution is 0.0294. The van der Waals surface area contributed by atoms with E-state index in [4.69, 9.17) is 10.5 Å². The molecule has 1 aliphatic heterocycles. The molecule has 0 atom stereocenters. The minimum atomic E-state index is -0.0583. The van der Waals surface area contributed by atoms with Crippen LogP contribution in [0.5, 0.6) is 0 Å². The molecule has 1 amide bonds. The smallest absolute Gasteiger partial charge is 0.274 e. The Kier molecular flexibility index (Phi) is 3.33. The van der Waals surface area contributed by atoms with E-state index in [2.05, 4.69) is 5.10 Å². The van der Waals surface area contributed by atoms with Crippen molar-refractivity contribution in [2.24, 2.45) is 0 Å². The molecule has 2 heterocycles. The Morgan fingerprint density at radius 1 is 1.47 bits per heavy atom. The molecule has 0 unspecified atom stereocenters. The summed E-state index contributed by atoms with van der Waals surface area (Å²) in [5, 5.41) is 4.14. The molecule has 6 nitrogen and oxygen atoms in total. The van der Waals surface area contributed by atoms with Crippen LogP contribution in [0.2, 0.25) is 0 Å². The Labute approximate surface area is 100 Å². The molecule has 94 valence electrons. The third kappa shape index (κ3) is 2.26. The van der Waals surface area contributed by atoms with Crippen LogP contribution in [0.25, 0.3) is 0 Å². The summed E-state index contributed by atoms with van der Waals surface area (Å²) < 4.78 is 6.90. The number of nitrogen functional groups attached to an aromatic ring is 1. The van der Waals surface area contributed by atoms with Crippen LogP contribution in [-0.4, -0.2) is 46.9 Å². The number of amides is 1. The Bertz CT molecular complexity index is 408. The summed E-state index contributed by atoms with van der Waals surface area (Å²) in [6.45, 7) is 6.34. The van der Waals surface area contributed by atoms with Crippen molar-refractivity contribution < 1.29 is 9.53 Å². The quantitative estimate of drug-likeness (QED) is 0.815. The van der Waals surface area contributed by atoms with Gasteiger partial charge in [0.1, 0.15) is 5.69 Å². The molecule has 1 aromatic heterocycles. The molecule has 0 aliphatic carbocycles. The van der Waals surface area contributed by atoms with Gasteiger partial charge in [0.25, 0.3) is 5.91 Å². The standard InChI is InChI=1S/C11H18N4O2/c1-8(2)15-10(9(12)7-13-15)11(16)14-3-5-17-6-4-14/h7-8H,3-6,12H2,1-2H3. The number of carbonyl (C=O) groups is 1. The van der Waals surface area contributed by atoms with Gasteiger partial charge in [0.05, 0.1) is 25.1 Å². The van der Waals surface area contributed by atoms with E-state index in [0.29, 0.717) is 37.7 Å². The van der Waals surface area contributed by atoms with E-state index in [1.54, 1.807) is 9.58 Å². The molecule has 0 saturated carbocycles. The average molecular weight is 238 g/mol. The first-order valence-corrected chi connectivity index (χ1v) is 5.81. The van der Waals surface area contributed by atoms with Crippen LogP contribution >= 0.6 is 0 Å². The zero-order valence-corrected chi connectivity index (χ0v) is 10.2. The Balaban J connectivity index is 2.26. The zero-order chi connectivity index (χ0) is 12.4. The predicted molar refractivity (Wildman–Crippen MR) is 63.7 cm³/mol. The number of ether oxygens (including phenoxy) is 1. The van der Waals surface area contributed by atoms with E-state index in [9.17, 15) is 4.79 Å². The lowest BCUT2D eigenvalue weighted by Gasteiger charge is -2.27. The van der Waals surface area contributed by atoms with E-state index in [1.165, 1.54) is 6.20 Å². The summed E-state index contributed by atoms with van der Waals surface area (Å²) in [7, 11) is 0. The second-order valence-corrected chi connectivity index (χ2v) is 4.39. The first-order chi connectivity index (χ1) is 8.11. The predicted octanol–water partition coefficient (Wildman–Crippen LogP) is 0.519. The van der Waals surface area contributed by atoms with Crippen molar-refractivity contribution >= 4 is 11.6 Å². The molecular weight excluding hydrogens is 220 g/mol. The Hall–Kier alpha value is -1.56. The van der Waals surface area contributed by atoms with Crippen LogP contribution in [0.4, 0.5) is 5.69 Å². The second-order valence-electron chi connectivity index (χ2n) is 4.39. The molecule has 0 aromatic carbocycles. The summed E-state index contributed by atoms with van der Waals surface area (Å²) in [4.78, 5) is 14.1. The number of nitrogens with zero attached hydrogens (tertiary/aromatic N) is 3. The number of nitrogens with two attached hydrogens (primary N) is 1. The number of anilines is 1. The van der Waals surface area contributed by atoms with Gasteiger partial charge in [-0.1, -0.05) is 0 Å². The lowest BCUT2D eigenvalue weighted by atomic mass is 10.2. The van der Waals surface area contributed by atoms with Crippen molar-refractivity contribution in [2.45, 2.75) is 19.9 Å². The summed E-state index contributed by atoms with van der Waals surface area (Å²) in [6, 6.07) is 0.118. The summed E-state index contributed by atoms with van der Waals surface area (Å²) in [5.74, 6) is -0.0583. The molecule has 1 saturated heterocycles. The fourth-order valence-corrected chi connectivity index (χ4v) is 1.90. The SMILES string of the molecule is CC(C)n1ncc(N)c1C(=O)N1CCOCC1. The van der Waals surface area contributed by atoms with Gasteiger partial charge in [0.15, 0.2) is 0 Å². The molecule has 2 rings (SSSR count). The van der Waals surface area contributed by atoms with E-state index in [-0.39, 0.29) is 11.9 Å². The maximum Gasteiger partial charge on any atom is 0.274 e. The Morgan fingerprint density at radius 3 is 2.71 bits per heavy atom. The van der Waals surface area contributed by atoms with Gasteiger partial charge in [-0.25, -0.2) is 0 Å². The first kappa shape index (κ1) is 11.9. The van der Waals surface area contributed by atoms with Gasteiger partial charge in [-0.15, -0.1) is 0 Å². The van der Waals surface area contributed by atoms with Gasteiger partial charge in [-0.3, -0.25) is 9.48 Å². The van der Waals surface area contributed by atoms with Crippen molar-refractivity contribution in [3.05, 3.63) is 11.9 Å². The molecule has 0 bridgehead atoms. The number of hydrogen-bond acceptors (Lipinski definition) is 4. The van der Waals surface area contributed by atoms with Gasteiger partial charge in [-0.2, -0.15) is 5.10 Å². The number of rotatable bonds is 2. The van der Waals surface area contributed by atoms with Crippen LogP contribution in [0.1, 0.15) is 30.4 Å². The monoisotopic (exact) mass is 238 g/mol.